The van der Waals surface area contributed by atoms with Gasteiger partial charge < -0.3 is 9.47 Å². The average Bonchev–Trinajstić information content (AvgIpc) is 2.14. The van der Waals surface area contributed by atoms with Gasteiger partial charge in [-0.3, -0.25) is 0 Å². The van der Waals surface area contributed by atoms with Crippen molar-refractivity contribution >= 4 is 31.9 Å². The Bertz CT molecular complexity index is 281. The fourth-order valence-corrected chi connectivity index (χ4v) is 2.17. The first kappa shape index (κ1) is 12.2. The molecule has 0 spiro atoms. The summed E-state index contributed by atoms with van der Waals surface area (Å²) in [4.78, 5) is 0. The Morgan fingerprint density at radius 1 is 0.929 bits per heavy atom. The maximum Gasteiger partial charge on any atom is 0.0724 e. The largest absolute Gasteiger partial charge is 0.380 e. The van der Waals surface area contributed by atoms with Gasteiger partial charge in [0, 0.05) is 23.2 Å². The van der Waals surface area contributed by atoms with Crippen LogP contribution in [0.25, 0.3) is 0 Å². The van der Waals surface area contributed by atoms with Gasteiger partial charge in [-0.2, -0.15) is 0 Å². The molecule has 0 unspecified atom stereocenters. The highest BCUT2D eigenvalue weighted by Gasteiger charge is 2.06. The van der Waals surface area contributed by atoms with Crippen molar-refractivity contribution in [3.05, 3.63) is 32.2 Å². The molecule has 4 heteroatoms. The highest BCUT2D eigenvalue weighted by atomic mass is 79.9. The minimum absolute atomic E-state index is 0.604. The van der Waals surface area contributed by atoms with Gasteiger partial charge in [-0.25, -0.2) is 0 Å². The lowest BCUT2D eigenvalue weighted by atomic mass is 10.1. The molecular formula is C10H12Br2O2. The minimum atomic E-state index is 0.604. The second-order valence-corrected chi connectivity index (χ2v) is 4.61. The fraction of sp³-hybridized carbons (Fsp3) is 0.400. The van der Waals surface area contributed by atoms with Crippen molar-refractivity contribution in [2.75, 3.05) is 14.2 Å². The van der Waals surface area contributed by atoms with Gasteiger partial charge in [-0.1, -0.05) is 31.9 Å². The van der Waals surface area contributed by atoms with Crippen molar-refractivity contribution in [3.8, 4) is 0 Å². The maximum absolute atomic E-state index is 5.08. The summed E-state index contributed by atoms with van der Waals surface area (Å²) < 4.78 is 12.3. The third-order valence-corrected chi connectivity index (χ3v) is 3.29. The summed E-state index contributed by atoms with van der Waals surface area (Å²) in [5.74, 6) is 0. The van der Waals surface area contributed by atoms with E-state index >= 15 is 0 Å². The molecule has 78 valence electrons. The molecule has 14 heavy (non-hydrogen) atoms. The van der Waals surface area contributed by atoms with Crippen LogP contribution in [-0.2, 0) is 22.7 Å². The predicted molar refractivity (Wildman–Crippen MR) is 63.3 cm³/mol. The molecule has 2 nitrogen and oxygen atoms in total. The highest BCUT2D eigenvalue weighted by Crippen LogP contribution is 2.27. The summed E-state index contributed by atoms with van der Waals surface area (Å²) in [6, 6.07) is 4.09. The van der Waals surface area contributed by atoms with Crippen LogP contribution in [0.5, 0.6) is 0 Å². The molecule has 1 aromatic carbocycles. The number of methoxy groups -OCH3 is 2. The Morgan fingerprint density at radius 3 is 1.57 bits per heavy atom. The van der Waals surface area contributed by atoms with Gasteiger partial charge in [0.25, 0.3) is 0 Å². The van der Waals surface area contributed by atoms with Crippen LogP contribution in [0.15, 0.2) is 21.1 Å². The van der Waals surface area contributed by atoms with E-state index in [-0.39, 0.29) is 0 Å². The van der Waals surface area contributed by atoms with Crippen molar-refractivity contribution in [2.24, 2.45) is 0 Å². The third kappa shape index (κ3) is 3.05. The zero-order chi connectivity index (χ0) is 10.6. The molecule has 1 rings (SSSR count). The summed E-state index contributed by atoms with van der Waals surface area (Å²) in [5.41, 5.74) is 2.25. The normalized spacial score (nSPS) is 10.6. The lowest BCUT2D eigenvalue weighted by molar-refractivity contribution is 0.181. The highest BCUT2D eigenvalue weighted by molar-refractivity contribution is 9.11. The van der Waals surface area contributed by atoms with E-state index in [2.05, 4.69) is 31.9 Å². The van der Waals surface area contributed by atoms with E-state index in [1.807, 2.05) is 12.1 Å². The molecule has 0 fully saturated rings. The second kappa shape index (κ2) is 5.85. The van der Waals surface area contributed by atoms with Crippen LogP contribution >= 0.6 is 31.9 Å². The molecule has 0 radical (unpaired) electrons. The Hall–Kier alpha value is 0.1000. The molecule has 0 heterocycles. The van der Waals surface area contributed by atoms with E-state index in [0.29, 0.717) is 13.2 Å². The van der Waals surface area contributed by atoms with Crippen LogP contribution in [0.4, 0.5) is 0 Å². The smallest absolute Gasteiger partial charge is 0.0724 e. The van der Waals surface area contributed by atoms with Gasteiger partial charge in [0.15, 0.2) is 0 Å². The molecule has 0 aliphatic heterocycles. The van der Waals surface area contributed by atoms with Crippen LogP contribution in [0.1, 0.15) is 11.1 Å². The van der Waals surface area contributed by atoms with Crippen molar-refractivity contribution in [1.82, 2.24) is 0 Å². The van der Waals surface area contributed by atoms with E-state index in [9.17, 15) is 0 Å². The molecule has 0 saturated carbocycles. The monoisotopic (exact) mass is 322 g/mol. The lowest BCUT2D eigenvalue weighted by Gasteiger charge is -2.08. The molecule has 0 aromatic heterocycles. The first-order valence-electron chi connectivity index (χ1n) is 4.13. The summed E-state index contributed by atoms with van der Waals surface area (Å²) in [7, 11) is 3.37. The van der Waals surface area contributed by atoms with E-state index in [4.69, 9.17) is 9.47 Å². The van der Waals surface area contributed by atoms with Gasteiger partial charge in [-0.15, -0.1) is 0 Å². The number of ether oxygens (including phenoxy) is 2. The summed E-state index contributed by atoms with van der Waals surface area (Å²) in [6.07, 6.45) is 0. The summed E-state index contributed by atoms with van der Waals surface area (Å²) >= 11 is 6.99. The number of hydrogen-bond acceptors (Lipinski definition) is 2. The van der Waals surface area contributed by atoms with Crippen LogP contribution in [-0.4, -0.2) is 14.2 Å². The van der Waals surface area contributed by atoms with Crippen molar-refractivity contribution in [1.29, 1.82) is 0 Å². The molecule has 1 aromatic rings. The van der Waals surface area contributed by atoms with Gasteiger partial charge in [0.2, 0.25) is 0 Å². The van der Waals surface area contributed by atoms with Crippen molar-refractivity contribution < 1.29 is 9.47 Å². The molecule has 0 bridgehead atoms. The van der Waals surface area contributed by atoms with E-state index in [1.165, 1.54) is 0 Å². The number of hydrogen-bond donors (Lipinski definition) is 0. The predicted octanol–water partition coefficient (Wildman–Crippen LogP) is 3.50. The minimum Gasteiger partial charge on any atom is -0.380 e. The van der Waals surface area contributed by atoms with Crippen LogP contribution in [0, 0.1) is 0 Å². The molecule has 0 atom stereocenters. The lowest BCUT2D eigenvalue weighted by Crippen LogP contribution is -1.94. The van der Waals surface area contributed by atoms with Crippen LogP contribution in [0.3, 0.4) is 0 Å². The van der Waals surface area contributed by atoms with E-state index in [1.54, 1.807) is 14.2 Å². The Kier molecular flexibility index (Phi) is 5.09. The van der Waals surface area contributed by atoms with Crippen LogP contribution < -0.4 is 0 Å². The van der Waals surface area contributed by atoms with Crippen molar-refractivity contribution in [3.63, 3.8) is 0 Å². The van der Waals surface area contributed by atoms with Gasteiger partial charge in [0.05, 0.1) is 13.2 Å². The zero-order valence-electron chi connectivity index (χ0n) is 8.14. The number of rotatable bonds is 4. The van der Waals surface area contributed by atoms with Crippen LogP contribution in [0.2, 0.25) is 0 Å². The third-order valence-electron chi connectivity index (χ3n) is 1.82. The molecule has 0 amide bonds. The summed E-state index contributed by atoms with van der Waals surface area (Å²) in [6.45, 7) is 1.21. The Labute approximate surface area is 101 Å². The molecular weight excluding hydrogens is 312 g/mol. The number of halogens is 2. The van der Waals surface area contributed by atoms with Gasteiger partial charge in [-0.05, 0) is 23.3 Å². The topological polar surface area (TPSA) is 18.5 Å². The average molecular weight is 324 g/mol. The maximum atomic E-state index is 5.08. The molecule has 0 aliphatic carbocycles. The summed E-state index contributed by atoms with van der Waals surface area (Å²) in [5, 5.41) is 0. The van der Waals surface area contributed by atoms with Crippen molar-refractivity contribution in [2.45, 2.75) is 13.2 Å². The van der Waals surface area contributed by atoms with E-state index < -0.39 is 0 Å². The zero-order valence-corrected chi connectivity index (χ0v) is 11.3. The SMILES string of the molecule is COCc1cc(Br)c(COC)cc1Br. The first-order valence-corrected chi connectivity index (χ1v) is 5.72. The molecule has 0 saturated heterocycles. The van der Waals surface area contributed by atoms with E-state index in [0.717, 1.165) is 20.1 Å². The number of benzene rings is 1. The first-order chi connectivity index (χ1) is 6.69. The molecule has 0 aliphatic rings. The van der Waals surface area contributed by atoms with Gasteiger partial charge >= 0.3 is 0 Å². The second-order valence-electron chi connectivity index (χ2n) is 2.90. The fourth-order valence-electron chi connectivity index (χ4n) is 1.16. The van der Waals surface area contributed by atoms with Gasteiger partial charge in [0.1, 0.15) is 0 Å². The quantitative estimate of drug-likeness (QED) is 0.844. The standard InChI is InChI=1S/C10H12Br2O2/c1-13-5-7-3-10(12)8(6-14-2)4-9(7)11/h3-4H,5-6H2,1-2H3. The molecule has 0 N–H and O–H groups in total. The Balaban J connectivity index is 2.97. The Morgan fingerprint density at radius 2 is 1.29 bits per heavy atom.